The first-order valence-electron chi connectivity index (χ1n) is 15.8. The van der Waals surface area contributed by atoms with Gasteiger partial charge >= 0.3 is 0 Å². The minimum Gasteiger partial charge on any atom is -0.497 e. The summed E-state index contributed by atoms with van der Waals surface area (Å²) < 4.78 is 47.5. The number of halogens is 2. The number of hydrogen-bond donors (Lipinski definition) is 0. The third kappa shape index (κ3) is 7.04. The highest BCUT2D eigenvalue weighted by atomic mass is 32.2. The van der Waals surface area contributed by atoms with Crippen LogP contribution in [0.15, 0.2) is 89.9 Å². The first-order chi connectivity index (χ1) is 23.3. The number of amides is 1. The van der Waals surface area contributed by atoms with Crippen LogP contribution in [0.4, 0.5) is 14.5 Å². The SMILES string of the molecule is CCN(C(=O)c1cn(-c2cc(OC)cc(OCc3ccccc3C[S+]3CCCC3)c2)c2cc(OC)ccc2c1=O)c1cc(F)cc(F)c1. The largest absolute Gasteiger partial charge is 0.497 e. The van der Waals surface area contributed by atoms with Gasteiger partial charge in [0.15, 0.2) is 0 Å². The van der Waals surface area contributed by atoms with E-state index in [1.807, 2.05) is 12.1 Å². The third-order valence-electron chi connectivity index (χ3n) is 8.53. The molecule has 4 aromatic carbocycles. The summed E-state index contributed by atoms with van der Waals surface area (Å²) in [6.07, 6.45) is 4.04. The molecule has 48 heavy (non-hydrogen) atoms. The monoisotopic (exact) mass is 671 g/mol. The highest BCUT2D eigenvalue weighted by Gasteiger charge is 2.26. The van der Waals surface area contributed by atoms with Crippen molar-refractivity contribution in [3.05, 3.63) is 124 Å². The van der Waals surface area contributed by atoms with Crippen molar-refractivity contribution in [2.75, 3.05) is 37.2 Å². The van der Waals surface area contributed by atoms with Gasteiger partial charge in [-0.25, -0.2) is 8.78 Å². The Morgan fingerprint density at radius 1 is 0.854 bits per heavy atom. The minimum atomic E-state index is -0.829. The van der Waals surface area contributed by atoms with Crippen LogP contribution in [-0.4, -0.2) is 42.7 Å². The molecule has 2 heterocycles. The Morgan fingerprint density at radius 2 is 1.54 bits per heavy atom. The maximum Gasteiger partial charge on any atom is 0.263 e. The van der Waals surface area contributed by atoms with Gasteiger partial charge in [0.05, 0.1) is 25.4 Å². The molecule has 0 N–H and O–H groups in total. The Labute approximate surface area is 281 Å². The van der Waals surface area contributed by atoms with E-state index in [-0.39, 0.29) is 23.2 Å². The van der Waals surface area contributed by atoms with Crippen LogP contribution in [0.3, 0.4) is 0 Å². The predicted octanol–water partition coefficient (Wildman–Crippen LogP) is 7.44. The molecule has 5 aromatic rings. The summed E-state index contributed by atoms with van der Waals surface area (Å²) in [7, 11) is 3.49. The second-order valence-corrected chi connectivity index (χ2v) is 13.9. The Balaban J connectivity index is 1.42. The number of hydrogen-bond acceptors (Lipinski definition) is 5. The van der Waals surface area contributed by atoms with Gasteiger partial charge in [0, 0.05) is 59.7 Å². The number of carbonyl (C=O) groups excluding carboxylic acids is 1. The quantitative estimate of drug-likeness (QED) is 0.137. The van der Waals surface area contributed by atoms with Crippen LogP contribution in [0.25, 0.3) is 16.6 Å². The van der Waals surface area contributed by atoms with E-state index in [0.29, 0.717) is 46.0 Å². The maximum absolute atomic E-state index is 14.1. The van der Waals surface area contributed by atoms with Crippen LogP contribution >= 0.6 is 0 Å². The summed E-state index contributed by atoms with van der Waals surface area (Å²) in [6, 6.07) is 21.6. The zero-order chi connectivity index (χ0) is 33.8. The van der Waals surface area contributed by atoms with Gasteiger partial charge in [0.25, 0.3) is 5.91 Å². The summed E-state index contributed by atoms with van der Waals surface area (Å²) in [4.78, 5) is 29.0. The topological polar surface area (TPSA) is 70.0 Å². The normalized spacial score (nSPS) is 13.1. The molecule has 1 aromatic heterocycles. The van der Waals surface area contributed by atoms with Gasteiger partial charge in [0.1, 0.15) is 58.3 Å². The van der Waals surface area contributed by atoms with Crippen molar-refractivity contribution in [2.24, 2.45) is 0 Å². The Kier molecular flexibility index (Phi) is 10.0. The van der Waals surface area contributed by atoms with E-state index in [4.69, 9.17) is 14.2 Å². The summed E-state index contributed by atoms with van der Waals surface area (Å²) >= 11 is 0. The Bertz CT molecular complexity index is 2010. The standard InChI is InChI=1S/C38H37F2N2O5S/c1-4-41(29-16-27(39)15-28(40)17-29)38(44)35-22-42(36-21-31(45-2)11-12-34(36)37(35)43)30-18-32(46-3)20-33(19-30)47-23-25-9-5-6-10-26(25)24-48-13-7-8-14-48/h5-6,9-12,15-22H,4,7-8,13-14,23-24H2,1-3H3/q+1. The molecular formula is C38H37F2N2O5S+. The van der Waals surface area contributed by atoms with Crippen molar-refractivity contribution >= 4 is 33.4 Å². The number of rotatable bonds is 11. The number of methoxy groups -OCH3 is 2. The van der Waals surface area contributed by atoms with Gasteiger partial charge in [-0.2, -0.15) is 0 Å². The summed E-state index contributed by atoms with van der Waals surface area (Å²) in [5, 5.41) is 0.259. The lowest BCUT2D eigenvalue weighted by molar-refractivity contribution is 0.0987. The third-order valence-corrected chi connectivity index (χ3v) is 11.0. The van der Waals surface area contributed by atoms with Crippen molar-refractivity contribution in [1.82, 2.24) is 4.57 Å². The lowest BCUT2D eigenvalue weighted by Gasteiger charge is -2.22. The van der Waals surface area contributed by atoms with Crippen LogP contribution in [0, 0.1) is 11.6 Å². The first kappa shape index (κ1) is 33.1. The lowest BCUT2D eigenvalue weighted by Crippen LogP contribution is -2.35. The number of benzene rings is 4. The average molecular weight is 672 g/mol. The van der Waals surface area contributed by atoms with E-state index in [1.165, 1.54) is 48.1 Å². The van der Waals surface area contributed by atoms with Gasteiger partial charge in [0.2, 0.25) is 5.43 Å². The number of carbonyl (C=O) groups is 1. The van der Waals surface area contributed by atoms with Crippen LogP contribution in [0.1, 0.15) is 41.3 Å². The van der Waals surface area contributed by atoms with Crippen LogP contribution in [-0.2, 0) is 23.3 Å². The molecule has 248 valence electrons. The highest BCUT2D eigenvalue weighted by molar-refractivity contribution is 7.96. The molecule has 6 rings (SSSR count). The van der Waals surface area contributed by atoms with Gasteiger partial charge in [-0.1, -0.05) is 24.3 Å². The zero-order valence-corrected chi connectivity index (χ0v) is 27.9. The van der Waals surface area contributed by atoms with Crippen LogP contribution in [0.5, 0.6) is 17.2 Å². The maximum atomic E-state index is 14.1. The number of anilines is 1. The molecule has 10 heteroatoms. The van der Waals surface area contributed by atoms with Crippen LogP contribution in [0.2, 0.25) is 0 Å². The van der Waals surface area contributed by atoms with Crippen molar-refractivity contribution < 1.29 is 27.8 Å². The van der Waals surface area contributed by atoms with Gasteiger partial charge < -0.3 is 23.7 Å². The number of nitrogens with zero attached hydrogens (tertiary/aromatic N) is 2. The van der Waals surface area contributed by atoms with Crippen molar-refractivity contribution in [2.45, 2.75) is 32.1 Å². The molecule has 0 unspecified atom stereocenters. The number of ether oxygens (including phenoxy) is 3. The second kappa shape index (κ2) is 14.5. The Hall–Kier alpha value is -4.83. The molecule has 7 nitrogen and oxygen atoms in total. The van der Waals surface area contributed by atoms with E-state index < -0.39 is 23.0 Å². The number of fused-ring (bicyclic) bond motifs is 1. The molecule has 0 saturated carbocycles. The molecular weight excluding hydrogens is 634 g/mol. The van der Waals surface area contributed by atoms with Crippen molar-refractivity contribution in [3.63, 3.8) is 0 Å². The van der Waals surface area contributed by atoms with Gasteiger partial charge in [-0.05, 0) is 60.5 Å². The van der Waals surface area contributed by atoms with Crippen molar-refractivity contribution in [3.8, 4) is 22.9 Å². The summed E-state index contributed by atoms with van der Waals surface area (Å²) in [5.41, 5.74) is 2.78. The molecule has 0 radical (unpaired) electrons. The highest BCUT2D eigenvalue weighted by Crippen LogP contribution is 2.31. The molecule has 1 aliphatic rings. The van der Waals surface area contributed by atoms with E-state index in [0.717, 1.165) is 29.5 Å². The minimum absolute atomic E-state index is 0.00610. The predicted molar refractivity (Wildman–Crippen MR) is 187 cm³/mol. The first-order valence-corrected chi connectivity index (χ1v) is 17.6. The molecule has 1 fully saturated rings. The lowest BCUT2D eigenvalue weighted by atomic mass is 10.1. The fourth-order valence-electron chi connectivity index (χ4n) is 6.06. The second-order valence-electron chi connectivity index (χ2n) is 11.6. The molecule has 1 aliphatic heterocycles. The van der Waals surface area contributed by atoms with E-state index in [9.17, 15) is 18.4 Å². The molecule has 0 aliphatic carbocycles. The van der Waals surface area contributed by atoms with E-state index in [2.05, 4.69) is 18.2 Å². The molecule has 1 amide bonds. The molecule has 0 bridgehead atoms. The molecule has 0 atom stereocenters. The van der Waals surface area contributed by atoms with Gasteiger partial charge in [-0.15, -0.1) is 0 Å². The smallest absolute Gasteiger partial charge is 0.263 e. The van der Waals surface area contributed by atoms with Crippen molar-refractivity contribution in [1.29, 1.82) is 0 Å². The van der Waals surface area contributed by atoms with E-state index in [1.54, 1.807) is 48.9 Å². The molecule has 0 spiro atoms. The number of aromatic nitrogens is 1. The fourth-order valence-corrected chi connectivity index (χ4v) is 8.50. The zero-order valence-electron chi connectivity index (χ0n) is 27.1. The van der Waals surface area contributed by atoms with E-state index >= 15 is 0 Å². The summed E-state index contributed by atoms with van der Waals surface area (Å²) in [5.74, 6) is 2.83. The Morgan fingerprint density at radius 3 is 2.23 bits per heavy atom. The number of pyridine rings is 1. The summed E-state index contributed by atoms with van der Waals surface area (Å²) in [6.45, 7) is 2.10. The molecule has 1 saturated heterocycles. The fraction of sp³-hybridized carbons (Fsp3) is 0.263. The van der Waals surface area contributed by atoms with Gasteiger partial charge in [-0.3, -0.25) is 9.59 Å². The van der Waals surface area contributed by atoms with Crippen LogP contribution < -0.4 is 24.5 Å². The average Bonchev–Trinajstić information content (AvgIpc) is 3.60.